The van der Waals surface area contributed by atoms with E-state index in [-0.39, 0.29) is 18.0 Å². The van der Waals surface area contributed by atoms with Gasteiger partial charge in [0.05, 0.1) is 18.8 Å². The zero-order valence-electron chi connectivity index (χ0n) is 21.2. The minimum absolute atomic E-state index is 0.0519. The standard InChI is InChI=1S/C30H40O5/c1-3-4-5-6-23-9-17-29(18-10-23)35-30(32)28-15-13-27(14-16-28)26-11-7-24(8-12-26)19-25(20-33-2)21-34-22-31/h7-8,11-16,22-23,25,29H,3-6,9-10,17-21H2,1-2H3. The van der Waals surface area contributed by atoms with E-state index in [4.69, 9.17) is 14.2 Å². The number of hydrogen-bond acceptors (Lipinski definition) is 5. The summed E-state index contributed by atoms with van der Waals surface area (Å²) in [6.45, 7) is 3.60. The van der Waals surface area contributed by atoms with Gasteiger partial charge in [-0.15, -0.1) is 0 Å². The molecule has 2 aromatic carbocycles. The maximum Gasteiger partial charge on any atom is 0.338 e. The van der Waals surface area contributed by atoms with Gasteiger partial charge in [0.15, 0.2) is 0 Å². The number of carbonyl (C=O) groups excluding carboxylic acids is 2. The summed E-state index contributed by atoms with van der Waals surface area (Å²) >= 11 is 0. The zero-order valence-corrected chi connectivity index (χ0v) is 21.2. The molecule has 1 fully saturated rings. The fourth-order valence-corrected chi connectivity index (χ4v) is 4.98. The quantitative estimate of drug-likeness (QED) is 0.173. The Balaban J connectivity index is 1.49. The molecule has 0 heterocycles. The lowest BCUT2D eigenvalue weighted by Crippen LogP contribution is -2.24. The van der Waals surface area contributed by atoms with E-state index in [2.05, 4.69) is 31.2 Å². The van der Waals surface area contributed by atoms with Crippen molar-refractivity contribution in [2.75, 3.05) is 20.3 Å². The van der Waals surface area contributed by atoms with Crippen LogP contribution in [0, 0.1) is 11.8 Å². The Hall–Kier alpha value is -2.66. The molecule has 0 saturated heterocycles. The first-order valence-corrected chi connectivity index (χ1v) is 13.1. The van der Waals surface area contributed by atoms with Crippen LogP contribution >= 0.6 is 0 Å². The highest BCUT2D eigenvalue weighted by molar-refractivity contribution is 5.90. The van der Waals surface area contributed by atoms with Crippen LogP contribution in [0.3, 0.4) is 0 Å². The lowest BCUT2D eigenvalue weighted by Gasteiger charge is -2.28. The van der Waals surface area contributed by atoms with Gasteiger partial charge in [0.2, 0.25) is 0 Å². The van der Waals surface area contributed by atoms with E-state index in [0.29, 0.717) is 25.2 Å². The van der Waals surface area contributed by atoms with Crippen LogP contribution in [-0.4, -0.2) is 38.9 Å². The summed E-state index contributed by atoms with van der Waals surface area (Å²) in [6.07, 6.45) is 10.4. The monoisotopic (exact) mass is 480 g/mol. The topological polar surface area (TPSA) is 61.8 Å². The summed E-state index contributed by atoms with van der Waals surface area (Å²) < 4.78 is 16.0. The number of unbranched alkanes of at least 4 members (excludes halogenated alkanes) is 2. The first-order chi connectivity index (χ1) is 17.1. The molecule has 1 aliphatic carbocycles. The SMILES string of the molecule is CCCCCC1CCC(OC(=O)c2ccc(-c3ccc(CC(COC)COC=O)cc3)cc2)CC1. The van der Waals surface area contributed by atoms with Gasteiger partial charge in [-0.05, 0) is 66.8 Å². The number of ether oxygens (including phenoxy) is 3. The van der Waals surface area contributed by atoms with Crippen LogP contribution in [0.5, 0.6) is 0 Å². The van der Waals surface area contributed by atoms with Crippen molar-refractivity contribution in [1.29, 1.82) is 0 Å². The van der Waals surface area contributed by atoms with Crippen molar-refractivity contribution in [2.24, 2.45) is 11.8 Å². The van der Waals surface area contributed by atoms with E-state index in [1.165, 1.54) is 38.5 Å². The van der Waals surface area contributed by atoms with Gasteiger partial charge in [-0.3, -0.25) is 4.79 Å². The Kier molecular flexibility index (Phi) is 11.3. The van der Waals surface area contributed by atoms with Crippen molar-refractivity contribution in [3.63, 3.8) is 0 Å². The molecule has 35 heavy (non-hydrogen) atoms. The molecule has 2 aromatic rings. The van der Waals surface area contributed by atoms with E-state index in [0.717, 1.165) is 41.9 Å². The molecule has 0 N–H and O–H groups in total. The van der Waals surface area contributed by atoms with E-state index in [9.17, 15) is 9.59 Å². The molecular formula is C30H40O5. The molecule has 0 aromatic heterocycles. The average molecular weight is 481 g/mol. The maximum absolute atomic E-state index is 12.7. The van der Waals surface area contributed by atoms with Crippen molar-refractivity contribution in [3.05, 3.63) is 59.7 Å². The van der Waals surface area contributed by atoms with Gasteiger partial charge in [-0.2, -0.15) is 0 Å². The van der Waals surface area contributed by atoms with E-state index in [1.807, 2.05) is 24.3 Å². The second-order valence-corrected chi connectivity index (χ2v) is 9.77. The second-order valence-electron chi connectivity index (χ2n) is 9.77. The van der Waals surface area contributed by atoms with Gasteiger partial charge in [0.1, 0.15) is 6.10 Å². The molecule has 0 aliphatic heterocycles. The van der Waals surface area contributed by atoms with Gasteiger partial charge in [-0.1, -0.05) is 69.0 Å². The van der Waals surface area contributed by atoms with Crippen molar-refractivity contribution in [2.45, 2.75) is 70.8 Å². The number of hydrogen-bond donors (Lipinski definition) is 0. The molecule has 3 rings (SSSR count). The lowest BCUT2D eigenvalue weighted by molar-refractivity contribution is -0.130. The normalized spacial score (nSPS) is 18.6. The number of rotatable bonds is 14. The average Bonchev–Trinajstić information content (AvgIpc) is 2.89. The first-order valence-electron chi connectivity index (χ1n) is 13.1. The lowest BCUT2D eigenvalue weighted by atomic mass is 9.84. The Labute approximate surface area is 210 Å². The van der Waals surface area contributed by atoms with Crippen LogP contribution in [0.1, 0.15) is 74.2 Å². The summed E-state index contributed by atoms with van der Waals surface area (Å²) in [4.78, 5) is 23.2. The third kappa shape index (κ3) is 8.81. The summed E-state index contributed by atoms with van der Waals surface area (Å²) in [7, 11) is 1.65. The Morgan fingerprint density at radius 1 is 0.943 bits per heavy atom. The molecule has 1 aliphatic rings. The highest BCUT2D eigenvalue weighted by Crippen LogP contribution is 2.30. The molecule has 5 heteroatoms. The molecule has 0 spiro atoms. The molecule has 1 saturated carbocycles. The van der Waals surface area contributed by atoms with Crippen molar-refractivity contribution < 1.29 is 23.8 Å². The zero-order chi connectivity index (χ0) is 24.9. The van der Waals surface area contributed by atoms with E-state index >= 15 is 0 Å². The largest absolute Gasteiger partial charge is 0.467 e. The number of carbonyl (C=O) groups is 2. The molecule has 0 radical (unpaired) electrons. The van der Waals surface area contributed by atoms with Gasteiger partial charge in [0, 0.05) is 13.0 Å². The molecule has 0 bridgehead atoms. The molecular weight excluding hydrogens is 440 g/mol. The predicted molar refractivity (Wildman–Crippen MR) is 138 cm³/mol. The van der Waals surface area contributed by atoms with E-state index < -0.39 is 0 Å². The minimum Gasteiger partial charge on any atom is -0.467 e. The Bertz CT molecular complexity index is 882. The summed E-state index contributed by atoms with van der Waals surface area (Å²) in [5.41, 5.74) is 3.90. The summed E-state index contributed by atoms with van der Waals surface area (Å²) in [5.74, 6) is 0.707. The fraction of sp³-hybridized carbons (Fsp3) is 0.533. The van der Waals surface area contributed by atoms with Crippen LogP contribution in [-0.2, 0) is 25.4 Å². The molecule has 190 valence electrons. The molecule has 5 nitrogen and oxygen atoms in total. The van der Waals surface area contributed by atoms with Gasteiger partial charge < -0.3 is 14.2 Å². The molecule has 1 unspecified atom stereocenters. The summed E-state index contributed by atoms with van der Waals surface area (Å²) in [5, 5.41) is 0. The van der Waals surface area contributed by atoms with Crippen LogP contribution < -0.4 is 0 Å². The van der Waals surface area contributed by atoms with Gasteiger partial charge in [-0.25, -0.2) is 4.79 Å². The third-order valence-corrected chi connectivity index (χ3v) is 7.02. The third-order valence-electron chi connectivity index (χ3n) is 7.02. The van der Waals surface area contributed by atoms with Crippen molar-refractivity contribution in [1.82, 2.24) is 0 Å². The minimum atomic E-state index is -0.219. The Morgan fingerprint density at radius 3 is 2.20 bits per heavy atom. The maximum atomic E-state index is 12.7. The number of methoxy groups -OCH3 is 1. The number of esters is 1. The van der Waals surface area contributed by atoms with Crippen molar-refractivity contribution in [3.8, 4) is 11.1 Å². The highest BCUT2D eigenvalue weighted by Gasteiger charge is 2.24. The molecule has 0 amide bonds. The number of benzene rings is 2. The molecule has 1 atom stereocenters. The van der Waals surface area contributed by atoms with Gasteiger partial charge in [0.25, 0.3) is 6.47 Å². The smallest absolute Gasteiger partial charge is 0.338 e. The van der Waals surface area contributed by atoms with Crippen LogP contribution in [0.15, 0.2) is 48.5 Å². The first kappa shape index (κ1) is 26.9. The highest BCUT2D eigenvalue weighted by atomic mass is 16.5. The second kappa shape index (κ2) is 14.7. The van der Waals surface area contributed by atoms with Crippen molar-refractivity contribution >= 4 is 12.4 Å². The van der Waals surface area contributed by atoms with Gasteiger partial charge >= 0.3 is 5.97 Å². The predicted octanol–water partition coefficient (Wildman–Crippen LogP) is 6.63. The fourth-order valence-electron chi connectivity index (χ4n) is 4.98. The Morgan fingerprint density at radius 2 is 1.60 bits per heavy atom. The van der Waals surface area contributed by atoms with Crippen LogP contribution in [0.2, 0.25) is 0 Å². The van der Waals surface area contributed by atoms with E-state index in [1.54, 1.807) is 7.11 Å². The van der Waals surface area contributed by atoms with Crippen LogP contribution in [0.4, 0.5) is 0 Å². The van der Waals surface area contributed by atoms with Crippen LogP contribution in [0.25, 0.3) is 11.1 Å². The summed E-state index contributed by atoms with van der Waals surface area (Å²) in [6, 6.07) is 16.0.